The monoisotopic (exact) mass is 835 g/mol. The van der Waals surface area contributed by atoms with Crippen molar-refractivity contribution in [2.75, 3.05) is 0 Å². The molecule has 292 valence electrons. The molecule has 0 unspecified atom stereocenters. The lowest BCUT2D eigenvalue weighted by Crippen LogP contribution is -2.26. The third-order valence-electron chi connectivity index (χ3n) is 13.3. The second kappa shape index (κ2) is 13.2. The van der Waals surface area contributed by atoms with E-state index in [2.05, 4.69) is 176 Å². The van der Waals surface area contributed by atoms with E-state index in [1.54, 1.807) is 0 Å². The van der Waals surface area contributed by atoms with Crippen molar-refractivity contribution in [3.63, 3.8) is 0 Å². The number of rotatable bonds is 4. The van der Waals surface area contributed by atoms with Gasteiger partial charge in [-0.3, -0.25) is 0 Å². The molecule has 9 aromatic carbocycles. The highest BCUT2D eigenvalue weighted by molar-refractivity contribution is 7.26. The fourth-order valence-corrected chi connectivity index (χ4v) is 13.0. The van der Waals surface area contributed by atoms with Crippen LogP contribution in [0.2, 0.25) is 0 Å². The Bertz CT molecular complexity index is 3820. The van der Waals surface area contributed by atoms with Crippen molar-refractivity contribution in [2.45, 2.75) is 5.41 Å². The molecule has 0 amide bonds. The molecule has 12 aromatic rings. The minimum Gasteiger partial charge on any atom is -0.208 e. The van der Waals surface area contributed by atoms with Crippen LogP contribution in [0.25, 0.3) is 108 Å². The third-order valence-corrected chi connectivity index (χ3v) is 15.6. The average molecular weight is 836 g/mol. The Morgan fingerprint density at radius 3 is 1.65 bits per heavy atom. The number of thiophene rings is 2. The molecule has 2 aliphatic rings. The van der Waals surface area contributed by atoms with E-state index in [-0.39, 0.29) is 0 Å². The van der Waals surface area contributed by atoms with Gasteiger partial charge in [0.25, 0.3) is 0 Å². The molecule has 0 saturated carbocycles. The quantitative estimate of drug-likeness (QED) is 0.177. The van der Waals surface area contributed by atoms with Gasteiger partial charge in [0.2, 0.25) is 0 Å². The molecular weight excluding hydrogens is 803 g/mol. The zero-order valence-corrected chi connectivity index (χ0v) is 35.3. The van der Waals surface area contributed by atoms with Crippen LogP contribution < -0.4 is 0 Å². The number of nitrogens with zero attached hydrogens (tertiary/aromatic N) is 3. The first-order valence-corrected chi connectivity index (χ1v) is 23.0. The van der Waals surface area contributed by atoms with Crippen LogP contribution in [-0.4, -0.2) is 15.0 Å². The standard InChI is InChI=1S/C58H33N3S2/c1-3-14-34(15-4-1)36-18-13-19-37(30-36)56-59-55(35-16-5-2-6-17-35)60-57(61-56)38-26-27-43-51(31-38)63-50-29-28-42-44-32-45-41-22-9-12-25-49(41)62-52(45)33-48(44)58(54(42)53(43)50)46-23-10-7-20-39(46)40-21-8-11-24-47(40)58/h1-33H. The first kappa shape index (κ1) is 35.1. The Morgan fingerprint density at radius 2 is 0.889 bits per heavy atom. The van der Waals surface area contributed by atoms with Crippen molar-refractivity contribution in [1.82, 2.24) is 15.0 Å². The molecule has 3 nitrogen and oxygen atoms in total. The molecule has 0 N–H and O–H groups in total. The van der Waals surface area contributed by atoms with Gasteiger partial charge >= 0.3 is 0 Å². The van der Waals surface area contributed by atoms with Crippen molar-refractivity contribution in [1.29, 1.82) is 0 Å². The van der Waals surface area contributed by atoms with Crippen LogP contribution in [0.5, 0.6) is 0 Å². The van der Waals surface area contributed by atoms with Gasteiger partial charge in [0.05, 0.1) is 5.41 Å². The van der Waals surface area contributed by atoms with E-state index in [0.29, 0.717) is 17.5 Å². The van der Waals surface area contributed by atoms with Crippen molar-refractivity contribution in [2.24, 2.45) is 0 Å². The van der Waals surface area contributed by atoms with Crippen LogP contribution >= 0.6 is 22.7 Å². The molecule has 0 radical (unpaired) electrons. The van der Waals surface area contributed by atoms with Gasteiger partial charge in [-0.1, -0.05) is 164 Å². The fraction of sp³-hybridized carbons (Fsp3) is 0.0172. The van der Waals surface area contributed by atoms with E-state index in [0.717, 1.165) is 27.8 Å². The molecule has 0 bridgehead atoms. The highest BCUT2D eigenvalue weighted by Gasteiger charge is 2.53. The van der Waals surface area contributed by atoms with Crippen LogP contribution in [0.15, 0.2) is 200 Å². The molecule has 0 atom stereocenters. The van der Waals surface area contributed by atoms with Crippen LogP contribution in [-0.2, 0) is 5.41 Å². The van der Waals surface area contributed by atoms with Crippen molar-refractivity contribution in [3.05, 3.63) is 222 Å². The zero-order chi connectivity index (χ0) is 41.2. The van der Waals surface area contributed by atoms with Crippen LogP contribution in [0, 0.1) is 0 Å². The second-order valence-electron chi connectivity index (χ2n) is 16.6. The molecule has 0 aliphatic heterocycles. The lowest BCUT2D eigenvalue weighted by molar-refractivity contribution is 0.803. The molecule has 14 rings (SSSR count). The van der Waals surface area contributed by atoms with Crippen molar-refractivity contribution >= 4 is 63.0 Å². The van der Waals surface area contributed by atoms with Crippen molar-refractivity contribution in [3.8, 4) is 67.5 Å². The summed E-state index contributed by atoms with van der Waals surface area (Å²) < 4.78 is 5.15. The first-order valence-electron chi connectivity index (χ1n) is 21.3. The Kier molecular flexibility index (Phi) is 7.36. The number of aromatic nitrogens is 3. The molecule has 0 fully saturated rings. The molecule has 5 heteroatoms. The van der Waals surface area contributed by atoms with E-state index < -0.39 is 5.41 Å². The number of hydrogen-bond acceptors (Lipinski definition) is 5. The summed E-state index contributed by atoms with van der Waals surface area (Å²) in [5.41, 5.74) is 15.4. The summed E-state index contributed by atoms with van der Waals surface area (Å²) in [6.07, 6.45) is 0. The fourth-order valence-electron chi connectivity index (χ4n) is 10.7. The van der Waals surface area contributed by atoms with Crippen LogP contribution in [0.1, 0.15) is 22.3 Å². The Balaban J connectivity index is 1.01. The third kappa shape index (κ3) is 4.97. The summed E-state index contributed by atoms with van der Waals surface area (Å²) >= 11 is 3.76. The van der Waals surface area contributed by atoms with Gasteiger partial charge in [-0.2, -0.15) is 0 Å². The highest BCUT2D eigenvalue weighted by Crippen LogP contribution is 2.65. The highest BCUT2D eigenvalue weighted by atomic mass is 32.1. The summed E-state index contributed by atoms with van der Waals surface area (Å²) in [4.78, 5) is 15.5. The van der Waals surface area contributed by atoms with Crippen LogP contribution in [0.3, 0.4) is 0 Å². The molecular formula is C58H33N3S2. The zero-order valence-electron chi connectivity index (χ0n) is 33.7. The topological polar surface area (TPSA) is 38.7 Å². The van der Waals surface area contributed by atoms with Gasteiger partial charge in [-0.25, -0.2) is 15.0 Å². The van der Waals surface area contributed by atoms with Gasteiger partial charge in [-0.05, 0) is 92.0 Å². The predicted octanol–water partition coefficient (Wildman–Crippen LogP) is 15.6. The summed E-state index contributed by atoms with van der Waals surface area (Å²) in [5, 5.41) is 5.24. The summed E-state index contributed by atoms with van der Waals surface area (Å²) in [6.45, 7) is 0. The predicted molar refractivity (Wildman–Crippen MR) is 264 cm³/mol. The second-order valence-corrected chi connectivity index (χ2v) is 18.8. The largest absolute Gasteiger partial charge is 0.208 e. The Hall–Kier alpha value is -7.57. The van der Waals surface area contributed by atoms with E-state index >= 15 is 0 Å². The van der Waals surface area contributed by atoms with Gasteiger partial charge in [-0.15, -0.1) is 22.7 Å². The van der Waals surface area contributed by atoms with Crippen LogP contribution in [0.4, 0.5) is 0 Å². The first-order chi connectivity index (χ1) is 31.2. The lowest BCUT2D eigenvalue weighted by Gasteiger charge is -2.31. The van der Waals surface area contributed by atoms with E-state index in [9.17, 15) is 0 Å². The maximum absolute atomic E-state index is 5.21. The lowest BCUT2D eigenvalue weighted by atomic mass is 9.69. The van der Waals surface area contributed by atoms with Gasteiger partial charge < -0.3 is 0 Å². The summed E-state index contributed by atoms with van der Waals surface area (Å²) in [5.74, 6) is 1.96. The number of benzene rings is 9. The molecule has 1 spiro atoms. The molecule has 3 aromatic heterocycles. The van der Waals surface area contributed by atoms with E-state index in [1.165, 1.54) is 84.9 Å². The van der Waals surface area contributed by atoms with E-state index in [4.69, 9.17) is 15.0 Å². The minimum absolute atomic E-state index is 0.476. The SMILES string of the molecule is c1ccc(-c2cccc(-c3nc(-c4ccccc4)nc(-c4ccc5c(c4)sc4ccc6c(c45)C4(c5ccccc5-c5ccccc54)c4cc5sc7ccccc7c5cc4-6)n3)c2)cc1. The van der Waals surface area contributed by atoms with Gasteiger partial charge in [0.15, 0.2) is 17.5 Å². The van der Waals surface area contributed by atoms with E-state index in [1.807, 2.05) is 46.9 Å². The average Bonchev–Trinajstić information content (AvgIpc) is 4.08. The summed E-state index contributed by atoms with van der Waals surface area (Å²) in [6, 6.07) is 72.9. The number of fused-ring (bicyclic) bond motifs is 17. The minimum atomic E-state index is -0.476. The normalized spacial score (nSPS) is 13.2. The van der Waals surface area contributed by atoms with Gasteiger partial charge in [0, 0.05) is 57.0 Å². The number of hydrogen-bond donors (Lipinski definition) is 0. The molecule has 3 heterocycles. The van der Waals surface area contributed by atoms with Gasteiger partial charge in [0.1, 0.15) is 0 Å². The molecule has 63 heavy (non-hydrogen) atoms. The Labute approximate surface area is 371 Å². The maximum atomic E-state index is 5.21. The molecule has 2 aliphatic carbocycles. The molecule has 0 saturated heterocycles. The Morgan fingerprint density at radius 1 is 0.302 bits per heavy atom. The summed E-state index contributed by atoms with van der Waals surface area (Å²) in [7, 11) is 0. The smallest absolute Gasteiger partial charge is 0.164 e. The van der Waals surface area contributed by atoms with Crippen molar-refractivity contribution < 1.29 is 0 Å². The maximum Gasteiger partial charge on any atom is 0.164 e.